The molecular weight excluding hydrogens is 338 g/mol. The molecule has 0 spiro atoms. The number of rotatable bonds is 5. The molecule has 1 amide bonds. The predicted octanol–water partition coefficient (Wildman–Crippen LogP) is 3.51. The lowest BCUT2D eigenvalue weighted by Gasteiger charge is -2.24. The minimum atomic E-state index is -0.525. The van der Waals surface area contributed by atoms with E-state index in [4.69, 9.17) is 9.47 Å². The molecule has 1 rings (SSSR count). The average Bonchev–Trinajstić information content (AvgIpc) is 2.38. The minimum absolute atomic E-state index is 0.276. The Morgan fingerprint density at radius 3 is 2.62 bits per heavy atom. The summed E-state index contributed by atoms with van der Waals surface area (Å²) in [6, 6.07) is 5.18. The van der Waals surface area contributed by atoms with E-state index in [2.05, 4.69) is 15.9 Å². The smallest absolute Gasteiger partial charge is 0.410 e. The summed E-state index contributed by atoms with van der Waals surface area (Å²) in [7, 11) is 1.64. The summed E-state index contributed by atoms with van der Waals surface area (Å²) in [5, 5.41) is 0. The van der Waals surface area contributed by atoms with E-state index in [1.165, 1.54) is 4.90 Å². The number of hydrogen-bond donors (Lipinski definition) is 0. The zero-order valence-electron chi connectivity index (χ0n) is 12.7. The molecule has 0 aliphatic heterocycles. The van der Waals surface area contributed by atoms with Crippen LogP contribution >= 0.6 is 15.9 Å². The molecule has 0 bridgehead atoms. The molecule has 0 unspecified atom stereocenters. The second-order valence-electron chi connectivity index (χ2n) is 5.55. The first-order valence-electron chi connectivity index (χ1n) is 6.54. The Morgan fingerprint density at radius 2 is 2.05 bits per heavy atom. The Balaban J connectivity index is 2.50. The van der Waals surface area contributed by atoms with Gasteiger partial charge in [0, 0.05) is 11.5 Å². The maximum Gasteiger partial charge on any atom is 0.410 e. The Kier molecular flexibility index (Phi) is 6.20. The highest BCUT2D eigenvalue weighted by Gasteiger charge is 2.19. The van der Waals surface area contributed by atoms with Gasteiger partial charge in [-0.2, -0.15) is 0 Å². The number of aldehydes is 1. The number of amides is 1. The lowest BCUT2D eigenvalue weighted by Crippen LogP contribution is -2.36. The maximum atomic E-state index is 11.8. The number of hydrogen-bond acceptors (Lipinski definition) is 4. The third kappa shape index (κ3) is 6.16. The standard InChI is InChI=1S/C15H20BrNO4/c1-15(2,3)21-14(19)17(4)7-8-20-13-6-5-12(16)9-11(13)10-18/h5-6,9-10H,7-8H2,1-4H3. The van der Waals surface area contributed by atoms with Gasteiger partial charge >= 0.3 is 6.09 Å². The van der Waals surface area contributed by atoms with Crippen LogP contribution < -0.4 is 4.74 Å². The lowest BCUT2D eigenvalue weighted by atomic mass is 10.2. The van der Waals surface area contributed by atoms with E-state index in [9.17, 15) is 9.59 Å². The molecule has 0 atom stereocenters. The minimum Gasteiger partial charge on any atom is -0.491 e. The van der Waals surface area contributed by atoms with Crippen LogP contribution in [0.5, 0.6) is 5.75 Å². The van der Waals surface area contributed by atoms with Gasteiger partial charge in [0.25, 0.3) is 0 Å². The first kappa shape index (κ1) is 17.5. The number of carbonyl (C=O) groups is 2. The van der Waals surface area contributed by atoms with E-state index in [-0.39, 0.29) is 6.61 Å². The van der Waals surface area contributed by atoms with Crippen molar-refractivity contribution < 1.29 is 19.1 Å². The molecule has 0 fully saturated rings. The Labute approximate surface area is 133 Å². The van der Waals surface area contributed by atoms with Crippen LogP contribution in [0, 0.1) is 0 Å². The summed E-state index contributed by atoms with van der Waals surface area (Å²) < 4.78 is 11.6. The highest BCUT2D eigenvalue weighted by molar-refractivity contribution is 9.10. The first-order valence-corrected chi connectivity index (χ1v) is 7.34. The molecule has 0 aromatic heterocycles. The summed E-state index contributed by atoms with van der Waals surface area (Å²) >= 11 is 3.29. The second-order valence-corrected chi connectivity index (χ2v) is 6.47. The van der Waals surface area contributed by atoms with Gasteiger partial charge in [-0.3, -0.25) is 4.79 Å². The number of carbonyl (C=O) groups excluding carboxylic acids is 2. The van der Waals surface area contributed by atoms with Crippen molar-refractivity contribution in [3.05, 3.63) is 28.2 Å². The number of benzene rings is 1. The van der Waals surface area contributed by atoms with Gasteiger partial charge in [0.2, 0.25) is 0 Å². The van der Waals surface area contributed by atoms with Crippen molar-refractivity contribution in [3.8, 4) is 5.75 Å². The number of nitrogens with zero attached hydrogens (tertiary/aromatic N) is 1. The predicted molar refractivity (Wildman–Crippen MR) is 83.9 cm³/mol. The van der Waals surface area contributed by atoms with E-state index in [0.717, 1.165) is 10.8 Å². The zero-order chi connectivity index (χ0) is 16.0. The van der Waals surface area contributed by atoms with Crippen LogP contribution in [0.25, 0.3) is 0 Å². The molecule has 21 heavy (non-hydrogen) atoms. The molecule has 0 saturated carbocycles. The number of ether oxygens (including phenoxy) is 2. The third-order valence-electron chi connectivity index (χ3n) is 2.49. The van der Waals surface area contributed by atoms with Crippen molar-refractivity contribution in [1.82, 2.24) is 4.90 Å². The maximum absolute atomic E-state index is 11.8. The highest BCUT2D eigenvalue weighted by Crippen LogP contribution is 2.21. The lowest BCUT2D eigenvalue weighted by molar-refractivity contribution is 0.0278. The molecular formula is C15H20BrNO4. The van der Waals surface area contributed by atoms with Crippen molar-refractivity contribution in [2.24, 2.45) is 0 Å². The fraction of sp³-hybridized carbons (Fsp3) is 0.467. The average molecular weight is 358 g/mol. The van der Waals surface area contributed by atoms with Crippen LogP contribution in [-0.2, 0) is 4.74 Å². The molecule has 5 nitrogen and oxygen atoms in total. The summed E-state index contributed by atoms with van der Waals surface area (Å²) in [6.07, 6.45) is 0.329. The molecule has 1 aromatic rings. The molecule has 0 N–H and O–H groups in total. The van der Waals surface area contributed by atoms with Gasteiger partial charge in [-0.05, 0) is 39.0 Å². The van der Waals surface area contributed by atoms with Gasteiger partial charge < -0.3 is 14.4 Å². The summed E-state index contributed by atoms with van der Waals surface area (Å²) in [5.74, 6) is 0.491. The fourth-order valence-electron chi connectivity index (χ4n) is 1.47. The van der Waals surface area contributed by atoms with Crippen molar-refractivity contribution in [2.75, 3.05) is 20.2 Å². The molecule has 6 heteroatoms. The SMILES string of the molecule is CN(CCOc1ccc(Br)cc1C=O)C(=O)OC(C)(C)C. The van der Waals surface area contributed by atoms with Crippen LogP contribution in [0.2, 0.25) is 0 Å². The molecule has 1 aromatic carbocycles. The van der Waals surface area contributed by atoms with Crippen molar-refractivity contribution in [1.29, 1.82) is 0 Å². The quantitative estimate of drug-likeness (QED) is 0.756. The van der Waals surface area contributed by atoms with Crippen molar-refractivity contribution in [2.45, 2.75) is 26.4 Å². The van der Waals surface area contributed by atoms with Gasteiger partial charge in [-0.1, -0.05) is 15.9 Å². The molecule has 0 aliphatic rings. The van der Waals surface area contributed by atoms with Crippen molar-refractivity contribution in [3.63, 3.8) is 0 Å². The van der Waals surface area contributed by atoms with Crippen LogP contribution in [0.1, 0.15) is 31.1 Å². The molecule has 0 radical (unpaired) electrons. The first-order chi connectivity index (χ1) is 9.73. The largest absolute Gasteiger partial charge is 0.491 e. The molecule has 0 heterocycles. The Bertz CT molecular complexity index is 511. The molecule has 0 aliphatic carbocycles. The summed E-state index contributed by atoms with van der Waals surface area (Å²) in [6.45, 7) is 6.08. The molecule has 116 valence electrons. The fourth-order valence-corrected chi connectivity index (χ4v) is 1.85. The molecule has 0 saturated heterocycles. The number of halogens is 1. The normalized spacial score (nSPS) is 10.9. The summed E-state index contributed by atoms with van der Waals surface area (Å²) in [5.41, 5.74) is -0.0629. The van der Waals surface area contributed by atoms with Crippen LogP contribution in [0.3, 0.4) is 0 Å². The van der Waals surface area contributed by atoms with Gasteiger partial charge in [0.05, 0.1) is 12.1 Å². The Morgan fingerprint density at radius 1 is 1.38 bits per heavy atom. The van der Waals surface area contributed by atoms with Gasteiger partial charge in [-0.25, -0.2) is 4.79 Å². The third-order valence-corrected chi connectivity index (χ3v) is 2.98. The van der Waals surface area contributed by atoms with E-state index >= 15 is 0 Å². The van der Waals surface area contributed by atoms with E-state index in [1.54, 1.807) is 25.2 Å². The topological polar surface area (TPSA) is 55.8 Å². The zero-order valence-corrected chi connectivity index (χ0v) is 14.3. The Hall–Kier alpha value is -1.56. The van der Waals surface area contributed by atoms with Gasteiger partial charge in [0.1, 0.15) is 18.0 Å². The van der Waals surface area contributed by atoms with Crippen molar-refractivity contribution >= 4 is 28.3 Å². The second kappa shape index (κ2) is 7.45. The van der Waals surface area contributed by atoms with Crippen LogP contribution in [-0.4, -0.2) is 43.1 Å². The van der Waals surface area contributed by atoms with Gasteiger partial charge in [0.15, 0.2) is 6.29 Å². The van der Waals surface area contributed by atoms with Crippen LogP contribution in [0.15, 0.2) is 22.7 Å². The van der Waals surface area contributed by atoms with E-state index in [1.807, 2.05) is 20.8 Å². The van der Waals surface area contributed by atoms with E-state index < -0.39 is 11.7 Å². The summed E-state index contributed by atoms with van der Waals surface area (Å²) in [4.78, 5) is 24.1. The van der Waals surface area contributed by atoms with E-state index in [0.29, 0.717) is 17.9 Å². The monoisotopic (exact) mass is 357 g/mol. The van der Waals surface area contributed by atoms with Gasteiger partial charge in [-0.15, -0.1) is 0 Å². The number of likely N-dealkylation sites (N-methyl/N-ethyl adjacent to an activating group) is 1. The highest BCUT2D eigenvalue weighted by atomic mass is 79.9. The van der Waals surface area contributed by atoms with Crippen LogP contribution in [0.4, 0.5) is 4.79 Å².